The quantitative estimate of drug-likeness (QED) is 0.396. The van der Waals surface area contributed by atoms with Crippen molar-refractivity contribution in [3.05, 3.63) is 53.6 Å². The van der Waals surface area contributed by atoms with Crippen LogP contribution in [-0.4, -0.2) is 28.4 Å². The first-order chi connectivity index (χ1) is 10.1. The minimum absolute atomic E-state index is 0.0273. The van der Waals surface area contributed by atoms with E-state index >= 15 is 0 Å². The number of hydrogen-bond donors (Lipinski definition) is 1. The number of amides is 2. The molecule has 1 fully saturated rings. The highest BCUT2D eigenvalue weighted by Crippen LogP contribution is 2.15. The van der Waals surface area contributed by atoms with E-state index in [1.807, 2.05) is 6.07 Å². The Balaban J connectivity index is 2.40. The van der Waals surface area contributed by atoms with Gasteiger partial charge in [0, 0.05) is 6.54 Å². The summed E-state index contributed by atoms with van der Waals surface area (Å²) in [5.74, 6) is -1.03. The number of carbonyl (C=O) groups is 2. The normalized spacial score (nSPS) is 16.6. The molecule has 1 heterocycles. The second-order valence-electron chi connectivity index (χ2n) is 4.26. The lowest BCUT2D eigenvalue weighted by Crippen LogP contribution is -2.53. The van der Waals surface area contributed by atoms with E-state index in [0.717, 1.165) is 0 Å². The maximum atomic E-state index is 12.3. The van der Waals surface area contributed by atoms with Crippen molar-refractivity contribution in [2.75, 3.05) is 6.54 Å². The van der Waals surface area contributed by atoms with E-state index in [-0.39, 0.29) is 17.2 Å². The van der Waals surface area contributed by atoms with Gasteiger partial charge < -0.3 is 0 Å². The lowest BCUT2D eigenvalue weighted by atomic mass is 10.1. The maximum absolute atomic E-state index is 12.3. The number of nitrogens with one attached hydrogen (secondary N) is 1. The fourth-order valence-corrected chi connectivity index (χ4v) is 2.10. The van der Waals surface area contributed by atoms with Crippen LogP contribution < -0.4 is 5.32 Å². The molecule has 1 aliphatic heterocycles. The first-order valence-electron chi connectivity index (χ1n) is 6.06. The van der Waals surface area contributed by atoms with Gasteiger partial charge in [-0.3, -0.25) is 19.8 Å². The summed E-state index contributed by atoms with van der Waals surface area (Å²) in [6.45, 7) is 3.77. The van der Waals surface area contributed by atoms with E-state index in [1.165, 1.54) is 17.1 Å². The summed E-state index contributed by atoms with van der Waals surface area (Å²) in [6, 6.07) is 8.63. The highest BCUT2D eigenvalue weighted by molar-refractivity contribution is 7.80. The molecule has 104 valence electrons. The molecule has 1 aromatic carbocycles. The predicted octanol–water partition coefficient (Wildman–Crippen LogP) is 1.37. The Hall–Kier alpha value is -2.78. The van der Waals surface area contributed by atoms with Crippen LogP contribution in [0, 0.1) is 11.3 Å². The molecule has 0 bridgehead atoms. The number of rotatable bonds is 3. The Morgan fingerprint density at radius 2 is 2.19 bits per heavy atom. The lowest BCUT2D eigenvalue weighted by molar-refractivity contribution is -0.128. The topological polar surface area (TPSA) is 73.2 Å². The van der Waals surface area contributed by atoms with E-state index in [9.17, 15) is 9.59 Å². The van der Waals surface area contributed by atoms with Crippen molar-refractivity contribution in [3.63, 3.8) is 0 Å². The van der Waals surface area contributed by atoms with Gasteiger partial charge in [-0.05, 0) is 36.0 Å². The number of carbonyl (C=O) groups excluding carboxylic acids is 2. The molecule has 1 N–H and O–H groups in total. The Kier molecular flexibility index (Phi) is 4.26. The van der Waals surface area contributed by atoms with Crippen molar-refractivity contribution in [1.29, 1.82) is 5.26 Å². The molecule has 0 unspecified atom stereocenters. The number of thiocarbonyl (C=S) groups is 1. The number of nitriles is 1. The minimum Gasteiger partial charge on any atom is -0.298 e. The van der Waals surface area contributed by atoms with E-state index < -0.39 is 11.8 Å². The van der Waals surface area contributed by atoms with Gasteiger partial charge >= 0.3 is 0 Å². The van der Waals surface area contributed by atoms with Gasteiger partial charge in [0.1, 0.15) is 5.57 Å². The van der Waals surface area contributed by atoms with Gasteiger partial charge in [0.05, 0.1) is 11.6 Å². The molecule has 0 atom stereocenters. The highest BCUT2D eigenvalue weighted by Gasteiger charge is 2.32. The van der Waals surface area contributed by atoms with Crippen molar-refractivity contribution in [3.8, 4) is 6.07 Å². The summed E-state index contributed by atoms with van der Waals surface area (Å²) < 4.78 is 0. The van der Waals surface area contributed by atoms with E-state index in [4.69, 9.17) is 17.5 Å². The van der Waals surface area contributed by atoms with Crippen molar-refractivity contribution >= 4 is 35.2 Å². The molecular formula is C15H11N3O2S. The smallest absolute Gasteiger partial charge is 0.265 e. The van der Waals surface area contributed by atoms with Crippen molar-refractivity contribution in [1.82, 2.24) is 10.2 Å². The van der Waals surface area contributed by atoms with Gasteiger partial charge in [-0.2, -0.15) is 5.26 Å². The lowest BCUT2D eigenvalue weighted by Gasteiger charge is -2.27. The molecule has 1 saturated heterocycles. The summed E-state index contributed by atoms with van der Waals surface area (Å²) in [6.07, 6.45) is 2.96. The van der Waals surface area contributed by atoms with Crippen LogP contribution in [-0.2, 0) is 9.59 Å². The van der Waals surface area contributed by atoms with Crippen LogP contribution in [0.2, 0.25) is 0 Å². The highest BCUT2D eigenvalue weighted by atomic mass is 32.1. The third kappa shape index (κ3) is 3.04. The van der Waals surface area contributed by atoms with E-state index in [2.05, 4.69) is 11.9 Å². The fraction of sp³-hybridized carbons (Fsp3) is 0.0667. The van der Waals surface area contributed by atoms with Crippen LogP contribution in [0.3, 0.4) is 0 Å². The van der Waals surface area contributed by atoms with Gasteiger partial charge in [0.2, 0.25) is 0 Å². The molecule has 0 radical (unpaired) electrons. The zero-order valence-corrected chi connectivity index (χ0v) is 11.8. The monoisotopic (exact) mass is 297 g/mol. The molecule has 2 amide bonds. The molecule has 0 spiro atoms. The second kappa shape index (κ2) is 6.11. The Bertz CT molecular complexity index is 716. The third-order valence-electron chi connectivity index (χ3n) is 2.82. The molecule has 2 rings (SSSR count). The molecule has 5 nitrogen and oxygen atoms in total. The predicted molar refractivity (Wildman–Crippen MR) is 81.8 cm³/mol. The van der Waals surface area contributed by atoms with Crippen molar-refractivity contribution in [2.45, 2.75) is 0 Å². The van der Waals surface area contributed by atoms with Gasteiger partial charge in [-0.1, -0.05) is 18.2 Å². The van der Waals surface area contributed by atoms with Crippen LogP contribution in [0.25, 0.3) is 6.08 Å². The Morgan fingerprint density at radius 1 is 1.43 bits per heavy atom. The van der Waals surface area contributed by atoms with Gasteiger partial charge in [0.15, 0.2) is 5.11 Å². The van der Waals surface area contributed by atoms with Crippen molar-refractivity contribution < 1.29 is 9.59 Å². The zero-order valence-electron chi connectivity index (χ0n) is 11.0. The molecule has 1 aromatic rings. The SMILES string of the molecule is C=CCN1C(=O)/C(=C\c2cccc(C#N)c2)C(=O)NC1=S. The molecule has 21 heavy (non-hydrogen) atoms. The van der Waals surface area contributed by atoms with Gasteiger partial charge in [-0.25, -0.2) is 0 Å². The Labute approximate surface area is 127 Å². The van der Waals surface area contributed by atoms with Gasteiger partial charge in [-0.15, -0.1) is 6.58 Å². The van der Waals surface area contributed by atoms with Crippen LogP contribution >= 0.6 is 12.2 Å². The van der Waals surface area contributed by atoms with E-state index in [0.29, 0.717) is 11.1 Å². The molecular weight excluding hydrogens is 286 g/mol. The summed E-state index contributed by atoms with van der Waals surface area (Å²) in [5, 5.41) is 11.4. The Morgan fingerprint density at radius 3 is 2.86 bits per heavy atom. The minimum atomic E-state index is -0.548. The summed E-state index contributed by atoms with van der Waals surface area (Å²) in [5.41, 5.74) is 1.02. The molecule has 1 aliphatic rings. The molecule has 0 saturated carbocycles. The average molecular weight is 297 g/mol. The molecule has 6 heteroatoms. The van der Waals surface area contributed by atoms with Crippen molar-refractivity contribution in [2.24, 2.45) is 0 Å². The maximum Gasteiger partial charge on any atom is 0.265 e. The van der Waals surface area contributed by atoms with E-state index in [1.54, 1.807) is 24.3 Å². The molecule has 0 aromatic heterocycles. The molecule has 0 aliphatic carbocycles. The summed E-state index contributed by atoms with van der Waals surface area (Å²) in [7, 11) is 0. The average Bonchev–Trinajstić information content (AvgIpc) is 2.48. The standard InChI is InChI=1S/C15H11N3O2S/c1-2-6-18-14(20)12(13(19)17-15(18)21)8-10-4-3-5-11(7-10)9-16/h2-5,7-8H,1,6H2,(H,17,19,21)/b12-8-. The largest absolute Gasteiger partial charge is 0.298 e. The number of benzene rings is 1. The number of nitrogens with zero attached hydrogens (tertiary/aromatic N) is 2. The third-order valence-corrected chi connectivity index (χ3v) is 3.15. The van der Waals surface area contributed by atoms with Gasteiger partial charge in [0.25, 0.3) is 11.8 Å². The first-order valence-corrected chi connectivity index (χ1v) is 6.47. The fourth-order valence-electron chi connectivity index (χ4n) is 1.85. The summed E-state index contributed by atoms with van der Waals surface area (Å²) >= 11 is 4.96. The van der Waals surface area contributed by atoms with Crippen LogP contribution in [0.1, 0.15) is 11.1 Å². The summed E-state index contributed by atoms with van der Waals surface area (Å²) in [4.78, 5) is 25.5. The number of hydrogen-bond acceptors (Lipinski definition) is 4. The van der Waals surface area contributed by atoms with Crippen LogP contribution in [0.15, 0.2) is 42.5 Å². The second-order valence-corrected chi connectivity index (χ2v) is 4.65. The zero-order chi connectivity index (χ0) is 15.4. The van der Waals surface area contributed by atoms with Crippen LogP contribution in [0.4, 0.5) is 0 Å². The van der Waals surface area contributed by atoms with Crippen LogP contribution in [0.5, 0.6) is 0 Å². The first kappa shape index (κ1) is 14.6.